The molecule has 0 fully saturated rings. The number of hydrogen-bond acceptors (Lipinski definition) is 2. The van der Waals surface area contributed by atoms with Crippen molar-refractivity contribution in [3.05, 3.63) is 18.7 Å². The first-order valence-corrected chi connectivity index (χ1v) is 6.88. The molecule has 0 amide bonds. The molecular formula is C9H17N2S2+. The molecule has 0 spiro atoms. The van der Waals surface area contributed by atoms with Crippen LogP contribution in [0, 0.1) is 0 Å². The van der Waals surface area contributed by atoms with Crippen LogP contribution in [0.5, 0.6) is 0 Å². The van der Waals surface area contributed by atoms with Gasteiger partial charge in [0.05, 0.1) is 0 Å². The third-order valence-corrected chi connectivity index (χ3v) is 3.41. The fraction of sp³-hybridized carbons (Fsp3) is 0.667. The second-order valence-corrected chi connectivity index (χ2v) is 5.17. The van der Waals surface area contributed by atoms with Gasteiger partial charge in [0, 0.05) is 0 Å². The van der Waals surface area contributed by atoms with E-state index in [-0.39, 0.29) is 0 Å². The van der Waals surface area contributed by atoms with E-state index in [4.69, 9.17) is 0 Å². The normalized spacial score (nSPS) is 10.6. The van der Waals surface area contributed by atoms with Crippen LogP contribution in [-0.2, 0) is 11.8 Å². The van der Waals surface area contributed by atoms with E-state index in [1.807, 2.05) is 23.5 Å². The molecule has 74 valence electrons. The molecule has 2 nitrogen and oxygen atoms in total. The molecule has 1 aromatic heterocycles. The largest absolute Gasteiger partial charge is 0.245 e. The van der Waals surface area contributed by atoms with Crippen LogP contribution < -0.4 is 4.57 Å². The maximum absolute atomic E-state index is 2.23. The van der Waals surface area contributed by atoms with Crippen molar-refractivity contribution in [2.24, 2.45) is 0 Å². The molecule has 1 heterocycles. The van der Waals surface area contributed by atoms with Gasteiger partial charge >= 0.3 is 0 Å². The van der Waals surface area contributed by atoms with Crippen molar-refractivity contribution in [3.8, 4) is 0 Å². The number of nitrogens with zero attached hydrogens (tertiary/aromatic N) is 2. The second kappa shape index (κ2) is 6.38. The summed E-state index contributed by atoms with van der Waals surface area (Å²) in [6, 6.07) is 0. The summed E-state index contributed by atoms with van der Waals surface area (Å²) in [6.45, 7) is 4.38. The lowest BCUT2D eigenvalue weighted by Gasteiger charge is -1.93. The van der Waals surface area contributed by atoms with Crippen LogP contribution in [0.2, 0.25) is 0 Å². The van der Waals surface area contributed by atoms with Gasteiger partial charge in [0.1, 0.15) is 24.1 Å². The van der Waals surface area contributed by atoms with Gasteiger partial charge in [-0.15, -0.1) is 23.5 Å². The monoisotopic (exact) mass is 217 g/mol. The summed E-state index contributed by atoms with van der Waals surface area (Å²) in [5, 5.41) is 0. The summed E-state index contributed by atoms with van der Waals surface area (Å²) in [7, 11) is 0. The van der Waals surface area contributed by atoms with Crippen LogP contribution in [0.3, 0.4) is 0 Å². The van der Waals surface area contributed by atoms with Crippen molar-refractivity contribution < 1.29 is 4.57 Å². The molecule has 0 saturated heterocycles. The summed E-state index contributed by atoms with van der Waals surface area (Å²) in [4.78, 5) is 0. The van der Waals surface area contributed by atoms with Crippen LogP contribution in [0.15, 0.2) is 18.7 Å². The number of thioether (sulfide) groups is 2. The minimum absolute atomic E-state index is 1.07. The van der Waals surface area contributed by atoms with Crippen molar-refractivity contribution in [3.63, 3.8) is 0 Å². The zero-order valence-electron chi connectivity index (χ0n) is 8.27. The maximum Gasteiger partial charge on any atom is 0.245 e. The lowest BCUT2D eigenvalue weighted by atomic mass is 10.9. The Balaban J connectivity index is 2.34. The summed E-state index contributed by atoms with van der Waals surface area (Å²) >= 11 is 3.88. The summed E-state index contributed by atoms with van der Waals surface area (Å²) in [6.07, 6.45) is 6.45. The van der Waals surface area contributed by atoms with Crippen LogP contribution in [0.25, 0.3) is 0 Å². The number of imidazole rings is 1. The minimum atomic E-state index is 1.07. The standard InChI is InChI=1S/C9H17N2S2/c1-3-12-8-10-5-6-11(7-10)9-13-4-2/h5-7H,3-4,8-9H2,1-2H3/q+1. The molecule has 0 atom stereocenters. The van der Waals surface area contributed by atoms with E-state index in [9.17, 15) is 0 Å². The number of aromatic nitrogens is 2. The molecule has 0 radical (unpaired) electrons. The second-order valence-electron chi connectivity index (χ2n) is 2.69. The zero-order valence-corrected chi connectivity index (χ0v) is 9.90. The fourth-order valence-corrected chi connectivity index (χ4v) is 2.08. The van der Waals surface area contributed by atoms with Crippen molar-refractivity contribution >= 4 is 23.5 Å². The van der Waals surface area contributed by atoms with Crippen molar-refractivity contribution in [1.29, 1.82) is 0 Å². The smallest absolute Gasteiger partial charge is 0.227 e. The Morgan fingerprint density at radius 1 is 1.23 bits per heavy atom. The summed E-state index contributed by atoms with van der Waals surface area (Å²) < 4.78 is 4.45. The topological polar surface area (TPSA) is 8.81 Å². The zero-order chi connectivity index (χ0) is 9.52. The first kappa shape index (κ1) is 11.0. The molecule has 4 heteroatoms. The molecule has 0 saturated carbocycles. The predicted molar refractivity (Wildman–Crippen MR) is 60.9 cm³/mol. The lowest BCUT2D eigenvalue weighted by Crippen LogP contribution is -2.29. The van der Waals surface area contributed by atoms with Gasteiger partial charge in [-0.1, -0.05) is 13.8 Å². The molecule has 1 rings (SSSR count). The first-order chi connectivity index (χ1) is 6.36. The number of rotatable bonds is 6. The third kappa shape index (κ3) is 4.09. The molecular weight excluding hydrogens is 200 g/mol. The Kier molecular flexibility index (Phi) is 5.39. The van der Waals surface area contributed by atoms with Gasteiger partial charge < -0.3 is 0 Å². The highest BCUT2D eigenvalue weighted by Crippen LogP contribution is 2.03. The minimum Gasteiger partial charge on any atom is -0.227 e. The Morgan fingerprint density at radius 3 is 2.69 bits per heavy atom. The summed E-state index contributed by atoms with van der Waals surface area (Å²) in [5.41, 5.74) is 0. The highest BCUT2D eigenvalue weighted by Gasteiger charge is 2.01. The van der Waals surface area contributed by atoms with E-state index in [1.54, 1.807) is 0 Å². The quantitative estimate of drug-likeness (QED) is 0.675. The van der Waals surface area contributed by atoms with Gasteiger partial charge in [0.2, 0.25) is 6.33 Å². The summed E-state index contributed by atoms with van der Waals surface area (Å²) in [5.74, 6) is 4.50. The highest BCUT2D eigenvalue weighted by molar-refractivity contribution is 7.98. The molecule has 0 N–H and O–H groups in total. The molecule has 13 heavy (non-hydrogen) atoms. The molecule has 0 aliphatic heterocycles. The van der Waals surface area contributed by atoms with E-state index in [0.29, 0.717) is 0 Å². The van der Waals surface area contributed by atoms with Crippen LogP contribution in [0.1, 0.15) is 13.8 Å². The van der Waals surface area contributed by atoms with E-state index in [2.05, 4.69) is 41.7 Å². The molecule has 0 aliphatic rings. The maximum atomic E-state index is 2.23. The van der Waals surface area contributed by atoms with Crippen molar-refractivity contribution in [2.45, 2.75) is 25.6 Å². The van der Waals surface area contributed by atoms with E-state index in [0.717, 1.165) is 11.8 Å². The molecule has 0 bridgehead atoms. The van der Waals surface area contributed by atoms with Gasteiger partial charge in [0.25, 0.3) is 0 Å². The van der Waals surface area contributed by atoms with E-state index in [1.165, 1.54) is 11.5 Å². The van der Waals surface area contributed by atoms with Crippen LogP contribution >= 0.6 is 23.5 Å². The Morgan fingerprint density at radius 2 is 2.00 bits per heavy atom. The number of hydrogen-bond donors (Lipinski definition) is 0. The van der Waals surface area contributed by atoms with Gasteiger partial charge in [-0.3, -0.25) is 0 Å². The van der Waals surface area contributed by atoms with E-state index >= 15 is 0 Å². The molecule has 0 aromatic carbocycles. The van der Waals surface area contributed by atoms with Crippen LogP contribution in [-0.4, -0.2) is 16.1 Å². The predicted octanol–water partition coefficient (Wildman–Crippen LogP) is 2.20. The van der Waals surface area contributed by atoms with Crippen molar-refractivity contribution in [1.82, 2.24) is 4.57 Å². The van der Waals surface area contributed by atoms with Gasteiger partial charge in [-0.2, -0.15) is 0 Å². The van der Waals surface area contributed by atoms with Crippen LogP contribution in [0.4, 0.5) is 0 Å². The Labute approximate surface area is 88.7 Å². The molecule has 1 aromatic rings. The third-order valence-electron chi connectivity index (χ3n) is 1.64. The van der Waals surface area contributed by atoms with Gasteiger partial charge in [-0.25, -0.2) is 9.13 Å². The lowest BCUT2D eigenvalue weighted by molar-refractivity contribution is -0.675. The highest BCUT2D eigenvalue weighted by atomic mass is 32.2. The molecule has 0 unspecified atom stereocenters. The van der Waals surface area contributed by atoms with E-state index < -0.39 is 0 Å². The Hall–Kier alpha value is -0.0900. The molecule has 0 aliphatic carbocycles. The average Bonchev–Trinajstić information content (AvgIpc) is 2.59. The first-order valence-electron chi connectivity index (χ1n) is 4.57. The SMILES string of the molecule is CCSCn1cc[n+](CSCC)c1. The van der Waals surface area contributed by atoms with Crippen molar-refractivity contribution in [2.75, 3.05) is 11.5 Å². The fourth-order valence-electron chi connectivity index (χ4n) is 0.985. The van der Waals surface area contributed by atoms with Gasteiger partial charge in [-0.05, 0) is 11.5 Å². The average molecular weight is 217 g/mol. The van der Waals surface area contributed by atoms with Gasteiger partial charge in [0.15, 0.2) is 0 Å². The Bertz CT molecular complexity index is 213.